The highest BCUT2D eigenvalue weighted by Gasteiger charge is 2.27. The van der Waals surface area contributed by atoms with Crippen molar-refractivity contribution in [3.05, 3.63) is 21.5 Å². The molecule has 1 aliphatic carbocycles. The van der Waals surface area contributed by atoms with Crippen LogP contribution in [0.4, 0.5) is 15.8 Å². The predicted octanol–water partition coefficient (Wildman–Crippen LogP) is 3.07. The molecule has 3 rings (SSSR count). The first kappa shape index (κ1) is 10.6. The number of nitrogens with zero attached hydrogens (tertiary/aromatic N) is 1. The van der Waals surface area contributed by atoms with E-state index in [1.54, 1.807) is 6.07 Å². The van der Waals surface area contributed by atoms with Crippen molar-refractivity contribution in [3.63, 3.8) is 0 Å². The molecule has 1 heterocycles. The highest BCUT2D eigenvalue weighted by molar-refractivity contribution is 14.1. The van der Waals surface area contributed by atoms with Gasteiger partial charge < -0.3 is 10.2 Å². The van der Waals surface area contributed by atoms with E-state index in [4.69, 9.17) is 0 Å². The lowest BCUT2D eigenvalue weighted by Crippen LogP contribution is -2.35. The molecule has 1 aliphatic heterocycles. The number of benzene rings is 1. The van der Waals surface area contributed by atoms with E-state index in [2.05, 4.69) is 10.2 Å². The van der Waals surface area contributed by atoms with Crippen molar-refractivity contribution in [1.29, 1.82) is 0 Å². The molecule has 1 fully saturated rings. The van der Waals surface area contributed by atoms with E-state index < -0.39 is 0 Å². The Bertz CT molecular complexity index is 418. The molecule has 0 atom stereocenters. The highest BCUT2D eigenvalue weighted by Crippen LogP contribution is 2.36. The molecule has 16 heavy (non-hydrogen) atoms. The smallest absolute Gasteiger partial charge is 0.138 e. The second kappa shape index (κ2) is 4.05. The monoisotopic (exact) mass is 332 g/mol. The van der Waals surface area contributed by atoms with Crippen molar-refractivity contribution < 1.29 is 4.39 Å². The normalized spacial score (nSPS) is 19.2. The third-order valence-corrected chi connectivity index (χ3v) is 4.08. The van der Waals surface area contributed by atoms with Crippen molar-refractivity contribution in [2.45, 2.75) is 12.8 Å². The lowest BCUT2D eigenvalue weighted by atomic mass is 10.2. The van der Waals surface area contributed by atoms with Crippen LogP contribution in [0.15, 0.2) is 12.1 Å². The summed E-state index contributed by atoms with van der Waals surface area (Å²) >= 11 is 2.04. The third kappa shape index (κ3) is 1.99. The van der Waals surface area contributed by atoms with Gasteiger partial charge in [-0.15, -0.1) is 0 Å². The van der Waals surface area contributed by atoms with Crippen LogP contribution in [0.1, 0.15) is 12.8 Å². The number of anilines is 2. The van der Waals surface area contributed by atoms with Gasteiger partial charge in [0.15, 0.2) is 0 Å². The molecule has 0 amide bonds. The molecule has 2 aliphatic rings. The molecule has 1 aromatic carbocycles. The first-order valence-corrected chi connectivity index (χ1v) is 6.80. The summed E-state index contributed by atoms with van der Waals surface area (Å²) in [5.41, 5.74) is 2.12. The maximum Gasteiger partial charge on any atom is 0.138 e. The number of nitrogens with one attached hydrogen (secondary N) is 1. The Morgan fingerprint density at radius 1 is 1.44 bits per heavy atom. The zero-order valence-electron chi connectivity index (χ0n) is 8.97. The number of hydrogen-bond donors (Lipinski definition) is 1. The highest BCUT2D eigenvalue weighted by atomic mass is 127. The Kier molecular flexibility index (Phi) is 2.69. The first-order valence-electron chi connectivity index (χ1n) is 5.72. The van der Waals surface area contributed by atoms with Crippen LogP contribution in [-0.4, -0.2) is 19.6 Å². The summed E-state index contributed by atoms with van der Waals surface area (Å²) in [4.78, 5) is 2.32. The molecule has 0 unspecified atom stereocenters. The van der Waals surface area contributed by atoms with Crippen LogP contribution in [0.25, 0.3) is 0 Å². The molecular formula is C12H14FIN2. The van der Waals surface area contributed by atoms with Crippen LogP contribution in [0.5, 0.6) is 0 Å². The van der Waals surface area contributed by atoms with E-state index in [0.29, 0.717) is 3.57 Å². The van der Waals surface area contributed by atoms with Crippen LogP contribution in [-0.2, 0) is 0 Å². The van der Waals surface area contributed by atoms with E-state index in [9.17, 15) is 4.39 Å². The van der Waals surface area contributed by atoms with Gasteiger partial charge in [-0.2, -0.15) is 0 Å². The Balaban J connectivity index is 1.93. The largest absolute Gasteiger partial charge is 0.382 e. The molecule has 2 nitrogen and oxygen atoms in total. The van der Waals surface area contributed by atoms with Crippen molar-refractivity contribution in [1.82, 2.24) is 0 Å². The van der Waals surface area contributed by atoms with Gasteiger partial charge >= 0.3 is 0 Å². The maximum absolute atomic E-state index is 13.6. The van der Waals surface area contributed by atoms with Gasteiger partial charge in [-0.05, 0) is 47.4 Å². The van der Waals surface area contributed by atoms with Crippen molar-refractivity contribution in [2.75, 3.05) is 29.9 Å². The van der Waals surface area contributed by atoms with Gasteiger partial charge in [0.05, 0.1) is 14.9 Å². The molecule has 0 bridgehead atoms. The quantitative estimate of drug-likeness (QED) is 0.838. The van der Waals surface area contributed by atoms with Crippen LogP contribution in [0.3, 0.4) is 0 Å². The SMILES string of the molecule is Fc1cc2c(cc1I)NCCN2CC1CC1. The average Bonchev–Trinajstić information content (AvgIpc) is 3.05. The molecule has 4 heteroatoms. The molecule has 1 N–H and O–H groups in total. The zero-order chi connectivity index (χ0) is 11.1. The van der Waals surface area contributed by atoms with Crippen LogP contribution < -0.4 is 10.2 Å². The number of rotatable bonds is 2. The van der Waals surface area contributed by atoms with Crippen LogP contribution >= 0.6 is 22.6 Å². The van der Waals surface area contributed by atoms with Crippen molar-refractivity contribution >= 4 is 34.0 Å². The minimum atomic E-state index is -0.108. The summed E-state index contributed by atoms with van der Waals surface area (Å²) in [5.74, 6) is 0.733. The Morgan fingerprint density at radius 3 is 3.00 bits per heavy atom. The maximum atomic E-state index is 13.6. The van der Waals surface area contributed by atoms with Gasteiger partial charge in [0.2, 0.25) is 0 Å². The number of fused-ring (bicyclic) bond motifs is 1. The molecular weight excluding hydrogens is 318 g/mol. The van der Waals surface area contributed by atoms with Crippen LogP contribution in [0, 0.1) is 15.3 Å². The fourth-order valence-corrected chi connectivity index (χ4v) is 2.65. The molecule has 1 aromatic rings. The van der Waals surface area contributed by atoms with E-state index in [1.807, 2.05) is 28.7 Å². The molecule has 0 aromatic heterocycles. The van der Waals surface area contributed by atoms with Gasteiger partial charge in [0.25, 0.3) is 0 Å². The summed E-state index contributed by atoms with van der Waals surface area (Å²) < 4.78 is 14.3. The second-order valence-corrected chi connectivity index (χ2v) is 5.76. The van der Waals surface area contributed by atoms with Crippen molar-refractivity contribution in [3.8, 4) is 0 Å². The van der Waals surface area contributed by atoms with Gasteiger partial charge in [-0.1, -0.05) is 0 Å². The van der Waals surface area contributed by atoms with Crippen LogP contribution in [0.2, 0.25) is 0 Å². The van der Waals surface area contributed by atoms with Gasteiger partial charge in [0.1, 0.15) is 5.82 Å². The minimum Gasteiger partial charge on any atom is -0.382 e. The summed E-state index contributed by atoms with van der Waals surface area (Å²) in [6.45, 7) is 3.04. The standard InChI is InChI=1S/C12H14FIN2/c13-9-5-12-11(6-10(9)14)15-3-4-16(12)7-8-1-2-8/h5-6,8,15H,1-4,7H2. The lowest BCUT2D eigenvalue weighted by molar-refractivity contribution is 0.617. The zero-order valence-corrected chi connectivity index (χ0v) is 11.1. The van der Waals surface area contributed by atoms with E-state index in [-0.39, 0.29) is 5.82 Å². The van der Waals surface area contributed by atoms with Gasteiger partial charge in [-0.25, -0.2) is 4.39 Å². The fourth-order valence-electron chi connectivity index (χ4n) is 2.19. The predicted molar refractivity (Wildman–Crippen MR) is 72.5 cm³/mol. The molecule has 86 valence electrons. The summed E-state index contributed by atoms with van der Waals surface area (Å²) in [7, 11) is 0. The summed E-state index contributed by atoms with van der Waals surface area (Å²) in [6, 6.07) is 3.58. The Morgan fingerprint density at radius 2 is 2.25 bits per heavy atom. The minimum absolute atomic E-state index is 0.108. The lowest BCUT2D eigenvalue weighted by Gasteiger charge is -2.32. The molecule has 1 saturated carbocycles. The number of hydrogen-bond acceptors (Lipinski definition) is 2. The first-order chi connectivity index (χ1) is 7.74. The summed E-state index contributed by atoms with van der Waals surface area (Å²) in [6.07, 6.45) is 2.68. The topological polar surface area (TPSA) is 15.3 Å². The number of halogens is 2. The fraction of sp³-hybridized carbons (Fsp3) is 0.500. The molecule has 0 radical (unpaired) electrons. The third-order valence-electron chi connectivity index (χ3n) is 3.25. The molecule has 0 spiro atoms. The second-order valence-electron chi connectivity index (χ2n) is 4.60. The van der Waals surface area contributed by atoms with E-state index >= 15 is 0 Å². The van der Waals surface area contributed by atoms with Gasteiger partial charge in [0, 0.05) is 25.7 Å². The van der Waals surface area contributed by atoms with Gasteiger partial charge in [-0.3, -0.25) is 0 Å². The Labute approximate surface area is 108 Å². The van der Waals surface area contributed by atoms with E-state index in [1.165, 1.54) is 12.8 Å². The Hall–Kier alpha value is -0.520. The van der Waals surface area contributed by atoms with Crippen molar-refractivity contribution in [2.24, 2.45) is 5.92 Å². The average molecular weight is 332 g/mol. The summed E-state index contributed by atoms with van der Waals surface area (Å²) in [5, 5.41) is 3.34. The molecule has 0 saturated heterocycles. The van der Waals surface area contributed by atoms with E-state index in [0.717, 1.165) is 36.9 Å².